The van der Waals surface area contributed by atoms with Crippen LogP contribution in [0.1, 0.15) is 18.5 Å². The van der Waals surface area contributed by atoms with Gasteiger partial charge in [-0.1, -0.05) is 23.7 Å². The third-order valence-electron chi connectivity index (χ3n) is 3.58. The first-order chi connectivity index (χ1) is 12.4. The van der Waals surface area contributed by atoms with E-state index < -0.39 is 10.0 Å². The fourth-order valence-corrected chi connectivity index (χ4v) is 3.41. The first kappa shape index (κ1) is 20.2. The highest BCUT2D eigenvalue weighted by Crippen LogP contribution is 2.17. The van der Waals surface area contributed by atoms with Gasteiger partial charge in [0.05, 0.1) is 6.04 Å². The molecule has 1 aromatic carbocycles. The minimum absolute atomic E-state index is 0.00742. The van der Waals surface area contributed by atoms with Crippen LogP contribution < -0.4 is 15.4 Å². The van der Waals surface area contributed by atoms with Crippen LogP contribution in [-0.2, 0) is 10.0 Å². The van der Waals surface area contributed by atoms with Crippen molar-refractivity contribution < 1.29 is 8.42 Å². The first-order valence-corrected chi connectivity index (χ1v) is 9.91. The standard InChI is InChI=1S/C17H22ClN5O2S/c1-13(14-5-3-6-15(18)11-14)23-17(19-2)21-9-10-22-26(24,25)16-7-4-8-20-12-16/h3-8,11-13,22H,9-10H2,1-2H3,(H2,19,21,23). The molecule has 0 radical (unpaired) electrons. The van der Waals surface area contributed by atoms with Gasteiger partial charge >= 0.3 is 0 Å². The van der Waals surface area contributed by atoms with Crippen LogP contribution in [0.2, 0.25) is 5.02 Å². The SMILES string of the molecule is CN=C(NCCNS(=O)(=O)c1cccnc1)NC(C)c1cccc(Cl)c1. The Morgan fingerprint density at radius 2 is 2.08 bits per heavy atom. The second kappa shape index (κ2) is 9.51. The van der Waals surface area contributed by atoms with E-state index >= 15 is 0 Å². The molecule has 1 atom stereocenters. The van der Waals surface area contributed by atoms with Crippen LogP contribution in [-0.4, -0.2) is 39.5 Å². The molecule has 26 heavy (non-hydrogen) atoms. The first-order valence-electron chi connectivity index (χ1n) is 8.04. The lowest BCUT2D eigenvalue weighted by atomic mass is 10.1. The predicted octanol–water partition coefficient (Wildman–Crippen LogP) is 1.94. The maximum absolute atomic E-state index is 12.1. The Kier molecular flexibility index (Phi) is 7.38. The molecule has 0 saturated heterocycles. The fourth-order valence-electron chi connectivity index (χ4n) is 2.21. The summed E-state index contributed by atoms with van der Waals surface area (Å²) in [6, 6.07) is 10.6. The van der Waals surface area contributed by atoms with Crippen molar-refractivity contribution in [3.63, 3.8) is 0 Å². The minimum atomic E-state index is -3.56. The molecule has 0 aliphatic heterocycles. The minimum Gasteiger partial charge on any atom is -0.355 e. The second-order valence-electron chi connectivity index (χ2n) is 5.51. The van der Waals surface area contributed by atoms with Gasteiger partial charge in [0.15, 0.2) is 5.96 Å². The molecule has 7 nitrogen and oxygen atoms in total. The van der Waals surface area contributed by atoms with Crippen LogP contribution in [0.15, 0.2) is 58.7 Å². The van der Waals surface area contributed by atoms with Gasteiger partial charge < -0.3 is 10.6 Å². The number of pyridine rings is 1. The molecule has 1 unspecified atom stereocenters. The Morgan fingerprint density at radius 1 is 1.27 bits per heavy atom. The molecule has 2 rings (SSSR count). The van der Waals surface area contributed by atoms with Crippen molar-refractivity contribution in [3.05, 3.63) is 59.4 Å². The van der Waals surface area contributed by atoms with Crippen molar-refractivity contribution in [2.45, 2.75) is 17.9 Å². The van der Waals surface area contributed by atoms with E-state index in [4.69, 9.17) is 11.6 Å². The number of nitrogens with one attached hydrogen (secondary N) is 3. The molecular formula is C17H22ClN5O2S. The Morgan fingerprint density at radius 3 is 2.73 bits per heavy atom. The summed E-state index contributed by atoms with van der Waals surface area (Å²) in [5.74, 6) is 0.568. The quantitative estimate of drug-likeness (QED) is 0.378. The smallest absolute Gasteiger partial charge is 0.242 e. The molecule has 3 N–H and O–H groups in total. The lowest BCUT2D eigenvalue weighted by Crippen LogP contribution is -2.42. The van der Waals surface area contributed by atoms with E-state index in [-0.39, 0.29) is 17.5 Å². The average Bonchev–Trinajstić information content (AvgIpc) is 2.64. The van der Waals surface area contributed by atoms with Crippen LogP contribution in [0.4, 0.5) is 0 Å². The molecular weight excluding hydrogens is 374 g/mol. The molecule has 140 valence electrons. The number of nitrogens with zero attached hydrogens (tertiary/aromatic N) is 2. The molecule has 0 bridgehead atoms. The number of hydrogen-bond acceptors (Lipinski definition) is 4. The van der Waals surface area contributed by atoms with E-state index in [1.54, 1.807) is 13.1 Å². The van der Waals surface area contributed by atoms with Crippen LogP contribution in [0.5, 0.6) is 0 Å². The van der Waals surface area contributed by atoms with Gasteiger partial charge in [-0.05, 0) is 36.8 Å². The summed E-state index contributed by atoms with van der Waals surface area (Å²) in [7, 11) is -1.91. The zero-order valence-electron chi connectivity index (χ0n) is 14.6. The van der Waals surface area contributed by atoms with Gasteiger partial charge in [0.1, 0.15) is 4.90 Å². The molecule has 0 saturated carbocycles. The van der Waals surface area contributed by atoms with Crippen molar-refractivity contribution >= 4 is 27.6 Å². The Hall–Kier alpha value is -2.16. The molecule has 0 aliphatic rings. The normalized spacial score (nSPS) is 13.3. The van der Waals surface area contributed by atoms with Crippen LogP contribution in [0.25, 0.3) is 0 Å². The third kappa shape index (κ3) is 5.98. The number of aromatic nitrogens is 1. The summed E-state index contributed by atoms with van der Waals surface area (Å²) in [6.07, 6.45) is 2.83. The number of halogens is 1. The Labute approximate surface area is 159 Å². The van der Waals surface area contributed by atoms with Gasteiger partial charge in [0.2, 0.25) is 10.0 Å². The van der Waals surface area contributed by atoms with Gasteiger partial charge in [0, 0.05) is 37.6 Å². The molecule has 2 aromatic rings. The van der Waals surface area contributed by atoms with Crippen LogP contribution >= 0.6 is 11.6 Å². The molecule has 9 heteroatoms. The average molecular weight is 396 g/mol. The summed E-state index contributed by atoms with van der Waals surface area (Å²) in [5.41, 5.74) is 1.03. The van der Waals surface area contributed by atoms with Gasteiger partial charge in [-0.15, -0.1) is 0 Å². The predicted molar refractivity (Wildman–Crippen MR) is 104 cm³/mol. The van der Waals surface area contributed by atoms with Gasteiger partial charge in [-0.25, -0.2) is 13.1 Å². The molecule has 0 fully saturated rings. The summed E-state index contributed by atoms with van der Waals surface area (Å²) >= 11 is 6.01. The summed E-state index contributed by atoms with van der Waals surface area (Å²) in [5, 5.41) is 6.97. The highest BCUT2D eigenvalue weighted by atomic mass is 35.5. The van der Waals surface area contributed by atoms with E-state index in [0.29, 0.717) is 17.5 Å². The highest BCUT2D eigenvalue weighted by Gasteiger charge is 2.13. The molecule has 0 aliphatic carbocycles. The van der Waals surface area contributed by atoms with Gasteiger partial charge in [-0.3, -0.25) is 9.98 Å². The Bertz CT molecular complexity index is 843. The van der Waals surface area contributed by atoms with E-state index in [9.17, 15) is 8.42 Å². The number of rotatable bonds is 7. The number of benzene rings is 1. The maximum atomic E-state index is 12.1. The lowest BCUT2D eigenvalue weighted by Gasteiger charge is -2.18. The van der Waals surface area contributed by atoms with Crippen molar-refractivity contribution in [3.8, 4) is 0 Å². The molecule has 0 amide bonds. The van der Waals surface area contributed by atoms with Crippen molar-refractivity contribution in [1.29, 1.82) is 0 Å². The number of aliphatic imine (C=N–C) groups is 1. The van der Waals surface area contributed by atoms with E-state index in [1.165, 1.54) is 18.5 Å². The zero-order valence-corrected chi connectivity index (χ0v) is 16.2. The van der Waals surface area contributed by atoms with E-state index in [0.717, 1.165) is 5.56 Å². The zero-order chi connectivity index (χ0) is 19.0. The van der Waals surface area contributed by atoms with Crippen LogP contribution in [0, 0.1) is 0 Å². The molecule has 0 spiro atoms. The fraction of sp³-hybridized carbons (Fsp3) is 0.294. The van der Waals surface area contributed by atoms with E-state index in [1.807, 2.05) is 31.2 Å². The monoisotopic (exact) mass is 395 g/mol. The molecule has 1 aromatic heterocycles. The van der Waals surface area contributed by atoms with Crippen molar-refractivity contribution in [1.82, 2.24) is 20.3 Å². The maximum Gasteiger partial charge on any atom is 0.242 e. The topological polar surface area (TPSA) is 95.5 Å². The molecule has 1 heterocycles. The largest absolute Gasteiger partial charge is 0.355 e. The summed E-state index contributed by atoms with van der Waals surface area (Å²) in [6.45, 7) is 2.58. The number of guanidine groups is 1. The van der Waals surface area contributed by atoms with Crippen LogP contribution in [0.3, 0.4) is 0 Å². The highest BCUT2D eigenvalue weighted by molar-refractivity contribution is 7.89. The summed E-state index contributed by atoms with van der Waals surface area (Å²) < 4.78 is 26.7. The van der Waals surface area contributed by atoms with Crippen molar-refractivity contribution in [2.75, 3.05) is 20.1 Å². The lowest BCUT2D eigenvalue weighted by molar-refractivity contribution is 0.579. The number of sulfonamides is 1. The van der Waals surface area contributed by atoms with Crippen molar-refractivity contribution in [2.24, 2.45) is 4.99 Å². The Balaban J connectivity index is 1.82. The van der Waals surface area contributed by atoms with Gasteiger partial charge in [0.25, 0.3) is 0 Å². The van der Waals surface area contributed by atoms with Gasteiger partial charge in [-0.2, -0.15) is 0 Å². The summed E-state index contributed by atoms with van der Waals surface area (Å²) in [4.78, 5) is 8.09. The number of hydrogen-bond donors (Lipinski definition) is 3. The third-order valence-corrected chi connectivity index (χ3v) is 5.26. The van der Waals surface area contributed by atoms with E-state index in [2.05, 4.69) is 25.3 Å². The second-order valence-corrected chi connectivity index (χ2v) is 7.71.